The summed E-state index contributed by atoms with van der Waals surface area (Å²) in [5.41, 5.74) is 7.88. The van der Waals surface area contributed by atoms with Crippen molar-refractivity contribution in [2.24, 2.45) is 5.73 Å². The second-order valence-electron chi connectivity index (χ2n) is 6.17. The van der Waals surface area contributed by atoms with Crippen LogP contribution >= 0.6 is 0 Å². The van der Waals surface area contributed by atoms with E-state index in [1.807, 2.05) is 36.4 Å². The lowest BCUT2D eigenvalue weighted by Crippen LogP contribution is -2.29. The van der Waals surface area contributed by atoms with Gasteiger partial charge < -0.3 is 11.1 Å². The number of benzene rings is 2. The number of nitrogens with one attached hydrogen (secondary N) is 1. The lowest BCUT2D eigenvalue weighted by atomic mass is 9.98. The molecule has 128 valence electrons. The Morgan fingerprint density at radius 2 is 1.50 bits per heavy atom. The maximum absolute atomic E-state index is 12.3. The fraction of sp³-hybridized carbons (Fsp3) is 0.381. The van der Waals surface area contributed by atoms with Crippen molar-refractivity contribution in [3.63, 3.8) is 0 Å². The number of amides is 1. The van der Waals surface area contributed by atoms with Crippen molar-refractivity contribution < 1.29 is 4.79 Å². The molecule has 2 rings (SSSR count). The van der Waals surface area contributed by atoms with Crippen LogP contribution in [0.4, 0.5) is 0 Å². The summed E-state index contributed by atoms with van der Waals surface area (Å²) in [6.45, 7) is 0.735. The van der Waals surface area contributed by atoms with Gasteiger partial charge in [-0.15, -0.1) is 0 Å². The first kappa shape index (κ1) is 18.2. The number of hydrogen-bond acceptors (Lipinski definition) is 2. The van der Waals surface area contributed by atoms with E-state index in [4.69, 9.17) is 5.73 Å². The van der Waals surface area contributed by atoms with Gasteiger partial charge in [0.15, 0.2) is 0 Å². The zero-order valence-electron chi connectivity index (χ0n) is 14.3. The molecular formula is C21H28N2O. The summed E-state index contributed by atoms with van der Waals surface area (Å²) in [6, 6.07) is 20.5. The molecule has 0 spiro atoms. The SMILES string of the molecule is NCCCCCCC(=O)NC(Cc1ccccc1)c1ccccc1. The van der Waals surface area contributed by atoms with Crippen LogP contribution in [0.3, 0.4) is 0 Å². The Morgan fingerprint density at radius 1 is 0.875 bits per heavy atom. The molecule has 24 heavy (non-hydrogen) atoms. The molecule has 0 heterocycles. The molecular weight excluding hydrogens is 296 g/mol. The summed E-state index contributed by atoms with van der Waals surface area (Å²) in [5, 5.41) is 3.21. The lowest BCUT2D eigenvalue weighted by molar-refractivity contribution is -0.122. The van der Waals surface area contributed by atoms with E-state index in [0.29, 0.717) is 6.42 Å². The van der Waals surface area contributed by atoms with E-state index in [9.17, 15) is 4.79 Å². The number of carbonyl (C=O) groups is 1. The van der Waals surface area contributed by atoms with Crippen LogP contribution in [-0.4, -0.2) is 12.5 Å². The number of rotatable bonds is 10. The topological polar surface area (TPSA) is 55.1 Å². The third-order valence-electron chi connectivity index (χ3n) is 4.18. The van der Waals surface area contributed by atoms with Crippen LogP contribution in [-0.2, 0) is 11.2 Å². The normalized spacial score (nSPS) is 11.9. The highest BCUT2D eigenvalue weighted by Crippen LogP contribution is 2.19. The number of carbonyl (C=O) groups excluding carboxylic acids is 1. The van der Waals surface area contributed by atoms with Crippen LogP contribution in [0.1, 0.15) is 49.3 Å². The molecule has 3 nitrogen and oxygen atoms in total. The molecule has 2 aromatic rings. The molecule has 3 heteroatoms. The quantitative estimate of drug-likeness (QED) is 0.649. The largest absolute Gasteiger partial charge is 0.349 e. The molecule has 0 bridgehead atoms. The Kier molecular flexibility index (Phi) is 8.05. The van der Waals surface area contributed by atoms with Gasteiger partial charge in [0.05, 0.1) is 6.04 Å². The monoisotopic (exact) mass is 324 g/mol. The number of nitrogens with two attached hydrogens (primary N) is 1. The first-order chi connectivity index (χ1) is 11.8. The van der Waals surface area contributed by atoms with E-state index in [1.54, 1.807) is 0 Å². The van der Waals surface area contributed by atoms with E-state index in [1.165, 1.54) is 5.56 Å². The van der Waals surface area contributed by atoms with Crippen LogP contribution in [0.2, 0.25) is 0 Å². The van der Waals surface area contributed by atoms with E-state index in [-0.39, 0.29) is 11.9 Å². The lowest BCUT2D eigenvalue weighted by Gasteiger charge is -2.19. The summed E-state index contributed by atoms with van der Waals surface area (Å²) in [7, 11) is 0. The molecule has 0 fully saturated rings. The first-order valence-corrected chi connectivity index (χ1v) is 8.88. The first-order valence-electron chi connectivity index (χ1n) is 8.88. The van der Waals surface area contributed by atoms with Crippen molar-refractivity contribution in [2.75, 3.05) is 6.54 Å². The highest BCUT2D eigenvalue weighted by molar-refractivity contribution is 5.76. The highest BCUT2D eigenvalue weighted by atomic mass is 16.1. The average Bonchev–Trinajstić information content (AvgIpc) is 2.62. The standard InChI is InChI=1S/C21H28N2O/c22-16-10-2-1-9-15-21(24)23-20(19-13-7-4-8-14-19)17-18-11-5-3-6-12-18/h3-8,11-14,20H,1-2,9-10,15-17,22H2,(H,23,24). The van der Waals surface area contributed by atoms with Gasteiger partial charge in [-0.1, -0.05) is 73.5 Å². The van der Waals surface area contributed by atoms with Crippen molar-refractivity contribution in [1.82, 2.24) is 5.32 Å². The Balaban J connectivity index is 1.92. The predicted molar refractivity (Wildman–Crippen MR) is 99.6 cm³/mol. The molecule has 0 radical (unpaired) electrons. The van der Waals surface area contributed by atoms with Gasteiger partial charge >= 0.3 is 0 Å². The van der Waals surface area contributed by atoms with Crippen LogP contribution < -0.4 is 11.1 Å². The minimum absolute atomic E-state index is 0.0186. The molecule has 1 atom stereocenters. The summed E-state index contributed by atoms with van der Waals surface area (Å²) < 4.78 is 0. The van der Waals surface area contributed by atoms with E-state index >= 15 is 0 Å². The smallest absolute Gasteiger partial charge is 0.220 e. The third kappa shape index (κ3) is 6.55. The molecule has 0 saturated carbocycles. The summed E-state index contributed by atoms with van der Waals surface area (Å²) in [4.78, 5) is 12.3. The molecule has 3 N–H and O–H groups in total. The van der Waals surface area contributed by atoms with Gasteiger partial charge in [0.2, 0.25) is 5.91 Å². The molecule has 0 aliphatic rings. The molecule has 0 aliphatic heterocycles. The molecule has 0 aliphatic carbocycles. The van der Waals surface area contributed by atoms with Crippen molar-refractivity contribution in [3.05, 3.63) is 71.8 Å². The van der Waals surface area contributed by atoms with Crippen molar-refractivity contribution >= 4 is 5.91 Å². The minimum Gasteiger partial charge on any atom is -0.349 e. The summed E-state index contributed by atoms with van der Waals surface area (Å²) >= 11 is 0. The zero-order valence-corrected chi connectivity index (χ0v) is 14.3. The van der Waals surface area contributed by atoms with E-state index < -0.39 is 0 Å². The predicted octanol–water partition coefficient (Wildman–Crippen LogP) is 4.00. The second kappa shape index (κ2) is 10.6. The van der Waals surface area contributed by atoms with Gasteiger partial charge in [-0.3, -0.25) is 4.79 Å². The van der Waals surface area contributed by atoms with Crippen LogP contribution in [0, 0.1) is 0 Å². The van der Waals surface area contributed by atoms with Gasteiger partial charge in [0.1, 0.15) is 0 Å². The average molecular weight is 324 g/mol. The van der Waals surface area contributed by atoms with Gasteiger partial charge in [-0.2, -0.15) is 0 Å². The van der Waals surface area contributed by atoms with Crippen molar-refractivity contribution in [1.29, 1.82) is 0 Å². The van der Waals surface area contributed by atoms with Crippen molar-refractivity contribution in [3.8, 4) is 0 Å². The maximum Gasteiger partial charge on any atom is 0.220 e. The van der Waals surface area contributed by atoms with Gasteiger partial charge in [-0.05, 0) is 36.9 Å². The van der Waals surface area contributed by atoms with Gasteiger partial charge in [-0.25, -0.2) is 0 Å². The third-order valence-corrected chi connectivity index (χ3v) is 4.18. The van der Waals surface area contributed by atoms with Gasteiger partial charge in [0, 0.05) is 6.42 Å². The van der Waals surface area contributed by atoms with E-state index in [2.05, 4.69) is 29.6 Å². The second-order valence-corrected chi connectivity index (χ2v) is 6.17. The zero-order chi connectivity index (χ0) is 17.0. The molecule has 1 amide bonds. The Morgan fingerprint density at radius 3 is 2.17 bits per heavy atom. The minimum atomic E-state index is 0.0186. The highest BCUT2D eigenvalue weighted by Gasteiger charge is 2.14. The Labute approximate surface area is 145 Å². The maximum atomic E-state index is 12.3. The van der Waals surface area contributed by atoms with Crippen LogP contribution in [0.5, 0.6) is 0 Å². The van der Waals surface area contributed by atoms with Crippen molar-refractivity contribution in [2.45, 2.75) is 44.6 Å². The molecule has 0 saturated heterocycles. The fourth-order valence-electron chi connectivity index (χ4n) is 2.84. The Bertz CT molecular complexity index is 583. The molecule has 0 aromatic heterocycles. The number of hydrogen-bond donors (Lipinski definition) is 2. The number of unbranched alkanes of at least 4 members (excludes halogenated alkanes) is 3. The fourth-order valence-corrected chi connectivity index (χ4v) is 2.84. The van der Waals surface area contributed by atoms with Crippen LogP contribution in [0.25, 0.3) is 0 Å². The summed E-state index contributed by atoms with van der Waals surface area (Å²) in [5.74, 6) is 0.132. The van der Waals surface area contributed by atoms with Gasteiger partial charge in [0.25, 0.3) is 0 Å². The van der Waals surface area contributed by atoms with E-state index in [0.717, 1.165) is 44.2 Å². The summed E-state index contributed by atoms with van der Waals surface area (Å²) in [6.07, 6.45) is 5.54. The van der Waals surface area contributed by atoms with Crippen LogP contribution in [0.15, 0.2) is 60.7 Å². The molecule has 2 aromatic carbocycles. The Hall–Kier alpha value is -2.13. The molecule has 1 unspecified atom stereocenters.